The van der Waals surface area contributed by atoms with Crippen molar-refractivity contribution in [2.75, 3.05) is 6.54 Å². The van der Waals surface area contributed by atoms with E-state index in [0.29, 0.717) is 0 Å². The van der Waals surface area contributed by atoms with Crippen LogP contribution in [0, 0.1) is 0 Å². The van der Waals surface area contributed by atoms with E-state index in [2.05, 4.69) is 34.3 Å². The van der Waals surface area contributed by atoms with Crippen molar-refractivity contribution in [2.24, 2.45) is 0 Å². The summed E-state index contributed by atoms with van der Waals surface area (Å²) in [5.74, 6) is 0. The lowest BCUT2D eigenvalue weighted by Gasteiger charge is -2.18. The van der Waals surface area contributed by atoms with Gasteiger partial charge in [0.25, 0.3) is 0 Å². The standard InChI is InChI=1S/C15H18ClN3/c1-2-8-18-15(14-7-9-17-11-19-14)10-12-3-5-13(16)6-4-12/h3-7,9,11,15,18H,2,8,10H2,1H3. The quantitative estimate of drug-likeness (QED) is 0.878. The molecule has 0 aliphatic carbocycles. The topological polar surface area (TPSA) is 37.8 Å². The number of hydrogen-bond donors (Lipinski definition) is 1. The Bertz CT molecular complexity index is 485. The van der Waals surface area contributed by atoms with Crippen molar-refractivity contribution in [3.63, 3.8) is 0 Å². The highest BCUT2D eigenvalue weighted by molar-refractivity contribution is 6.30. The maximum absolute atomic E-state index is 5.91. The third-order valence-electron chi connectivity index (χ3n) is 2.96. The van der Waals surface area contributed by atoms with Crippen LogP contribution < -0.4 is 5.32 Å². The highest BCUT2D eigenvalue weighted by Gasteiger charge is 2.12. The second kappa shape index (κ2) is 7.22. The summed E-state index contributed by atoms with van der Waals surface area (Å²) in [6.07, 6.45) is 5.37. The number of aromatic nitrogens is 2. The molecule has 4 heteroatoms. The fourth-order valence-electron chi connectivity index (χ4n) is 1.96. The van der Waals surface area contributed by atoms with Crippen molar-refractivity contribution < 1.29 is 0 Å². The molecule has 0 aliphatic rings. The number of nitrogens with one attached hydrogen (secondary N) is 1. The van der Waals surface area contributed by atoms with Crippen molar-refractivity contribution in [3.8, 4) is 0 Å². The molecule has 1 aromatic heterocycles. The number of benzene rings is 1. The normalized spacial score (nSPS) is 12.3. The zero-order valence-electron chi connectivity index (χ0n) is 11.0. The Kier molecular flexibility index (Phi) is 5.31. The molecule has 1 N–H and O–H groups in total. The van der Waals surface area contributed by atoms with Crippen molar-refractivity contribution in [2.45, 2.75) is 25.8 Å². The first-order valence-corrected chi connectivity index (χ1v) is 6.91. The smallest absolute Gasteiger partial charge is 0.115 e. The van der Waals surface area contributed by atoms with Crippen LogP contribution in [0.15, 0.2) is 42.9 Å². The van der Waals surface area contributed by atoms with E-state index in [1.165, 1.54) is 5.56 Å². The van der Waals surface area contributed by atoms with E-state index in [0.717, 1.165) is 30.1 Å². The molecular weight excluding hydrogens is 258 g/mol. The van der Waals surface area contributed by atoms with Crippen LogP contribution in [0.2, 0.25) is 5.02 Å². The van der Waals surface area contributed by atoms with Crippen LogP contribution in [0.3, 0.4) is 0 Å². The Morgan fingerprint density at radius 3 is 2.63 bits per heavy atom. The molecule has 0 fully saturated rings. The highest BCUT2D eigenvalue weighted by atomic mass is 35.5. The van der Waals surface area contributed by atoms with Crippen molar-refractivity contribution in [3.05, 3.63) is 59.1 Å². The third kappa shape index (κ3) is 4.30. The van der Waals surface area contributed by atoms with Crippen LogP contribution in [-0.4, -0.2) is 16.5 Å². The summed E-state index contributed by atoms with van der Waals surface area (Å²) in [4.78, 5) is 8.32. The van der Waals surface area contributed by atoms with E-state index in [4.69, 9.17) is 11.6 Å². The summed E-state index contributed by atoms with van der Waals surface area (Å²) in [5.41, 5.74) is 2.27. The molecule has 19 heavy (non-hydrogen) atoms. The van der Waals surface area contributed by atoms with Crippen LogP contribution in [0.4, 0.5) is 0 Å². The molecule has 0 amide bonds. The Hall–Kier alpha value is -1.45. The predicted molar refractivity (Wildman–Crippen MR) is 78.2 cm³/mol. The van der Waals surface area contributed by atoms with Gasteiger partial charge in [0.1, 0.15) is 6.33 Å². The Labute approximate surface area is 119 Å². The van der Waals surface area contributed by atoms with Crippen LogP contribution in [0.5, 0.6) is 0 Å². The van der Waals surface area contributed by atoms with Crippen LogP contribution in [-0.2, 0) is 6.42 Å². The van der Waals surface area contributed by atoms with Gasteiger partial charge < -0.3 is 5.32 Å². The molecule has 2 aromatic rings. The van der Waals surface area contributed by atoms with Gasteiger partial charge in [0.2, 0.25) is 0 Å². The summed E-state index contributed by atoms with van der Waals surface area (Å²) < 4.78 is 0. The molecule has 0 bridgehead atoms. The van der Waals surface area contributed by atoms with Crippen LogP contribution >= 0.6 is 11.6 Å². The molecule has 1 unspecified atom stereocenters. The fraction of sp³-hybridized carbons (Fsp3) is 0.333. The molecule has 0 aliphatic heterocycles. The number of rotatable bonds is 6. The molecule has 0 saturated carbocycles. The summed E-state index contributed by atoms with van der Waals surface area (Å²) in [7, 11) is 0. The van der Waals surface area contributed by atoms with Gasteiger partial charge in [0.15, 0.2) is 0 Å². The van der Waals surface area contributed by atoms with Gasteiger partial charge in [0.05, 0.1) is 11.7 Å². The summed E-state index contributed by atoms with van der Waals surface area (Å²) >= 11 is 5.91. The maximum Gasteiger partial charge on any atom is 0.115 e. The third-order valence-corrected chi connectivity index (χ3v) is 3.21. The summed E-state index contributed by atoms with van der Waals surface area (Å²) in [6, 6.07) is 10.1. The fourth-order valence-corrected chi connectivity index (χ4v) is 2.09. The Morgan fingerprint density at radius 1 is 1.21 bits per heavy atom. The molecule has 1 heterocycles. The van der Waals surface area contributed by atoms with E-state index in [1.54, 1.807) is 12.5 Å². The van der Waals surface area contributed by atoms with Gasteiger partial charge in [-0.2, -0.15) is 0 Å². The summed E-state index contributed by atoms with van der Waals surface area (Å²) in [6.45, 7) is 3.13. The first-order valence-electron chi connectivity index (χ1n) is 6.53. The average Bonchev–Trinajstić information content (AvgIpc) is 2.46. The largest absolute Gasteiger partial charge is 0.308 e. The molecule has 2 rings (SSSR count). The van der Waals surface area contributed by atoms with Gasteiger partial charge in [0, 0.05) is 11.2 Å². The van der Waals surface area contributed by atoms with Crippen LogP contribution in [0.1, 0.15) is 30.6 Å². The van der Waals surface area contributed by atoms with E-state index in [1.807, 2.05) is 18.2 Å². The molecule has 0 spiro atoms. The Morgan fingerprint density at radius 2 is 2.00 bits per heavy atom. The zero-order valence-corrected chi connectivity index (χ0v) is 11.8. The van der Waals surface area contributed by atoms with Gasteiger partial charge in [-0.1, -0.05) is 30.7 Å². The van der Waals surface area contributed by atoms with E-state index in [9.17, 15) is 0 Å². The lowest BCUT2D eigenvalue weighted by molar-refractivity contribution is 0.517. The van der Waals surface area contributed by atoms with E-state index < -0.39 is 0 Å². The van der Waals surface area contributed by atoms with E-state index >= 15 is 0 Å². The molecule has 3 nitrogen and oxygen atoms in total. The maximum atomic E-state index is 5.91. The number of halogens is 1. The van der Waals surface area contributed by atoms with Gasteiger partial charge in [-0.25, -0.2) is 9.97 Å². The first-order chi connectivity index (χ1) is 9.29. The van der Waals surface area contributed by atoms with Crippen molar-refractivity contribution in [1.82, 2.24) is 15.3 Å². The lowest BCUT2D eigenvalue weighted by atomic mass is 10.0. The zero-order chi connectivity index (χ0) is 13.5. The van der Waals surface area contributed by atoms with E-state index in [-0.39, 0.29) is 6.04 Å². The SMILES string of the molecule is CCCNC(Cc1ccc(Cl)cc1)c1ccncn1. The predicted octanol–water partition coefficient (Wildman–Crippen LogP) is 3.41. The lowest BCUT2D eigenvalue weighted by Crippen LogP contribution is -2.25. The second-order valence-electron chi connectivity index (χ2n) is 4.47. The molecular formula is C15H18ClN3. The monoisotopic (exact) mass is 275 g/mol. The first kappa shape index (κ1) is 14.0. The highest BCUT2D eigenvalue weighted by Crippen LogP contribution is 2.18. The Balaban J connectivity index is 2.11. The van der Waals surface area contributed by atoms with Crippen molar-refractivity contribution in [1.29, 1.82) is 0 Å². The molecule has 100 valence electrons. The minimum absolute atomic E-state index is 0.212. The summed E-state index contributed by atoms with van der Waals surface area (Å²) in [5, 5.41) is 4.29. The van der Waals surface area contributed by atoms with Gasteiger partial charge in [-0.15, -0.1) is 0 Å². The number of hydrogen-bond acceptors (Lipinski definition) is 3. The molecule has 0 saturated heterocycles. The minimum Gasteiger partial charge on any atom is -0.308 e. The van der Waals surface area contributed by atoms with Crippen molar-refractivity contribution >= 4 is 11.6 Å². The second-order valence-corrected chi connectivity index (χ2v) is 4.91. The molecule has 0 radical (unpaired) electrons. The molecule has 1 aromatic carbocycles. The minimum atomic E-state index is 0.212. The van der Waals surface area contributed by atoms with Gasteiger partial charge >= 0.3 is 0 Å². The van der Waals surface area contributed by atoms with Crippen LogP contribution in [0.25, 0.3) is 0 Å². The average molecular weight is 276 g/mol. The number of nitrogens with zero attached hydrogens (tertiary/aromatic N) is 2. The molecule has 1 atom stereocenters. The van der Waals surface area contributed by atoms with Gasteiger partial charge in [-0.3, -0.25) is 0 Å². The van der Waals surface area contributed by atoms with Gasteiger partial charge in [-0.05, 0) is 43.1 Å².